The van der Waals surface area contributed by atoms with Gasteiger partial charge in [-0.05, 0) is 94.8 Å². The van der Waals surface area contributed by atoms with Gasteiger partial charge in [0, 0.05) is 38.1 Å². The summed E-state index contributed by atoms with van der Waals surface area (Å²) in [7, 11) is 7.12. The van der Waals surface area contributed by atoms with E-state index in [4.69, 9.17) is 28.4 Å². The van der Waals surface area contributed by atoms with E-state index in [0.717, 1.165) is 0 Å². The van der Waals surface area contributed by atoms with Crippen molar-refractivity contribution in [1.82, 2.24) is 9.80 Å². The molecule has 14 heteroatoms. The molecule has 0 amide bonds. The van der Waals surface area contributed by atoms with Crippen LogP contribution in [0.1, 0.15) is 94.9 Å². The van der Waals surface area contributed by atoms with E-state index in [9.17, 15) is 30.3 Å². The van der Waals surface area contributed by atoms with E-state index < -0.39 is 96.0 Å². The molecule has 0 saturated carbocycles. The summed E-state index contributed by atoms with van der Waals surface area (Å²) in [6.45, 7) is 18.0. The Labute approximate surface area is 312 Å². The minimum atomic E-state index is -1.80. The standard InChI is InChI=1S/C38H72N2O12/c1-15-27-38(10,46)31(42)24(6)40(13)19-20(2)17-36(8,45)33(52-35-29(41)26(39(11)12)16-21(3)48-35)22(4)30(23(5)34(44)50-27)51-28-18-37(9,47-14)32(43)25(7)49-28/h20-33,35,41-43,45-46H,15-19H2,1-14H3/t20-,21-,22+,23+,24-,25+,26+,27-,28+,29+,30+,31-,32+,33?,35+,36-,37-,38-/m1/s1. The maximum atomic E-state index is 14.2. The van der Waals surface area contributed by atoms with Crippen LogP contribution in [0.2, 0.25) is 0 Å². The molecule has 52 heavy (non-hydrogen) atoms. The SMILES string of the molecule is CC[C@H]1OC(=O)[C@@H](C)[C@@H](O[C@H]2C[C@@](C)(OC)[C@@H](O)[C@H](C)O2)[C@H](C)C(O[C@@H]2O[C@H](C)C[C@H](N(C)C)[C@@H]2O)[C@](C)(O)C[C@@H](C)CN(C)[C@H](C)[C@@H](O)[C@]1(C)O. The molecule has 3 fully saturated rings. The highest BCUT2D eigenvalue weighted by molar-refractivity contribution is 5.73. The van der Waals surface area contributed by atoms with E-state index in [1.165, 1.54) is 14.0 Å². The number of rotatable bonds is 7. The summed E-state index contributed by atoms with van der Waals surface area (Å²) < 4.78 is 37.5. The molecule has 0 spiro atoms. The second-order valence-electron chi connectivity index (χ2n) is 17.2. The Hall–Kier alpha value is -1.01. The Morgan fingerprint density at radius 2 is 1.56 bits per heavy atom. The fraction of sp³-hybridized carbons (Fsp3) is 0.974. The first-order valence-electron chi connectivity index (χ1n) is 19.1. The molecule has 0 aromatic rings. The van der Waals surface area contributed by atoms with Crippen molar-refractivity contribution in [3.8, 4) is 0 Å². The first-order valence-corrected chi connectivity index (χ1v) is 19.1. The zero-order valence-electron chi connectivity index (χ0n) is 34.2. The summed E-state index contributed by atoms with van der Waals surface area (Å²) >= 11 is 0. The van der Waals surface area contributed by atoms with Gasteiger partial charge in [0.05, 0.1) is 41.5 Å². The number of carbonyl (C=O) groups excluding carboxylic acids is 1. The molecule has 3 aliphatic rings. The van der Waals surface area contributed by atoms with Crippen LogP contribution in [0.15, 0.2) is 0 Å². The third-order valence-corrected chi connectivity index (χ3v) is 12.2. The maximum absolute atomic E-state index is 14.2. The van der Waals surface area contributed by atoms with Gasteiger partial charge in [0.25, 0.3) is 0 Å². The third kappa shape index (κ3) is 10.0. The molecule has 18 atom stereocenters. The van der Waals surface area contributed by atoms with Gasteiger partial charge in [0.2, 0.25) is 0 Å². The summed E-state index contributed by atoms with van der Waals surface area (Å²) in [5.74, 6) is -2.58. The van der Waals surface area contributed by atoms with E-state index in [-0.39, 0.29) is 37.3 Å². The van der Waals surface area contributed by atoms with Crippen molar-refractivity contribution < 1.29 is 58.7 Å². The van der Waals surface area contributed by atoms with Crippen molar-refractivity contribution in [2.45, 2.75) is 185 Å². The van der Waals surface area contributed by atoms with Gasteiger partial charge in [0.1, 0.15) is 30.0 Å². The Balaban J connectivity index is 2.17. The average Bonchev–Trinajstić information content (AvgIpc) is 3.05. The average molecular weight is 749 g/mol. The van der Waals surface area contributed by atoms with E-state index in [1.807, 2.05) is 51.7 Å². The molecule has 0 aromatic carbocycles. The third-order valence-electron chi connectivity index (χ3n) is 12.2. The molecule has 5 N–H and O–H groups in total. The van der Waals surface area contributed by atoms with Crippen LogP contribution in [0, 0.1) is 17.8 Å². The second kappa shape index (κ2) is 17.8. The van der Waals surface area contributed by atoms with Gasteiger partial charge >= 0.3 is 5.97 Å². The van der Waals surface area contributed by atoms with Gasteiger partial charge in [-0.25, -0.2) is 0 Å². The van der Waals surface area contributed by atoms with Gasteiger partial charge in [0.15, 0.2) is 12.6 Å². The van der Waals surface area contributed by atoms with Crippen LogP contribution in [0.5, 0.6) is 0 Å². The molecule has 0 radical (unpaired) electrons. The quantitative estimate of drug-likeness (QED) is 0.238. The van der Waals surface area contributed by atoms with Crippen LogP contribution in [-0.4, -0.2) is 166 Å². The number of nitrogens with zero attached hydrogens (tertiary/aromatic N) is 2. The van der Waals surface area contributed by atoms with Crippen molar-refractivity contribution in [2.75, 3.05) is 34.8 Å². The lowest BCUT2D eigenvalue weighted by Gasteiger charge is -2.48. The molecule has 14 nitrogen and oxygen atoms in total. The molecule has 3 heterocycles. The molecule has 0 aromatic heterocycles. The second-order valence-corrected chi connectivity index (χ2v) is 17.2. The number of aliphatic hydroxyl groups excluding tert-OH is 3. The number of likely N-dealkylation sites (N-methyl/N-ethyl adjacent to an activating group) is 2. The van der Waals surface area contributed by atoms with E-state index in [2.05, 4.69) is 0 Å². The van der Waals surface area contributed by atoms with Gasteiger partial charge in [-0.15, -0.1) is 0 Å². The highest BCUT2D eigenvalue weighted by atomic mass is 16.7. The topological polar surface area (TPSA) is 180 Å². The summed E-state index contributed by atoms with van der Waals surface area (Å²) in [5.41, 5.74) is -4.37. The molecular weight excluding hydrogens is 676 g/mol. The first kappa shape index (κ1) is 45.4. The highest BCUT2D eigenvalue weighted by Gasteiger charge is 2.52. The fourth-order valence-electron chi connectivity index (χ4n) is 8.74. The number of hydrogen-bond donors (Lipinski definition) is 5. The zero-order chi connectivity index (χ0) is 39.7. The largest absolute Gasteiger partial charge is 0.459 e. The van der Waals surface area contributed by atoms with Gasteiger partial charge in [-0.1, -0.05) is 20.8 Å². The zero-order valence-corrected chi connectivity index (χ0v) is 34.2. The Kier molecular flexibility index (Phi) is 15.6. The minimum absolute atomic E-state index is 0.133. The van der Waals surface area contributed by atoms with Crippen LogP contribution in [0.3, 0.4) is 0 Å². The number of cyclic esters (lactones) is 1. The first-order chi connectivity index (χ1) is 23.9. The lowest BCUT2D eigenvalue weighted by atomic mass is 9.77. The normalized spacial score (nSPS) is 49.6. The number of aliphatic hydroxyl groups is 5. The molecule has 0 bridgehead atoms. The summed E-state index contributed by atoms with van der Waals surface area (Å²) in [6, 6.07) is -0.808. The number of esters is 1. The van der Waals surface area contributed by atoms with Crippen molar-refractivity contribution in [2.24, 2.45) is 17.8 Å². The van der Waals surface area contributed by atoms with Crippen molar-refractivity contribution >= 4 is 5.97 Å². The monoisotopic (exact) mass is 749 g/mol. The van der Waals surface area contributed by atoms with E-state index >= 15 is 0 Å². The number of ether oxygens (including phenoxy) is 6. The molecule has 1 unspecified atom stereocenters. The fourth-order valence-corrected chi connectivity index (χ4v) is 8.74. The Bertz CT molecular complexity index is 1140. The molecule has 3 saturated heterocycles. The van der Waals surface area contributed by atoms with Crippen LogP contribution in [0.4, 0.5) is 0 Å². The van der Waals surface area contributed by atoms with Gasteiger partial charge in [-0.2, -0.15) is 0 Å². The van der Waals surface area contributed by atoms with Gasteiger partial charge < -0.3 is 63.8 Å². The van der Waals surface area contributed by atoms with Crippen molar-refractivity contribution in [1.29, 1.82) is 0 Å². The summed E-state index contributed by atoms with van der Waals surface area (Å²) in [5, 5.41) is 58.1. The summed E-state index contributed by atoms with van der Waals surface area (Å²) in [4.78, 5) is 18.0. The number of methoxy groups -OCH3 is 1. The smallest absolute Gasteiger partial charge is 0.311 e. The summed E-state index contributed by atoms with van der Waals surface area (Å²) in [6.07, 6.45) is -8.19. The lowest BCUT2D eigenvalue weighted by molar-refractivity contribution is -0.318. The molecule has 3 rings (SSSR count). The maximum Gasteiger partial charge on any atom is 0.311 e. The van der Waals surface area contributed by atoms with Gasteiger partial charge in [-0.3, -0.25) is 4.79 Å². The molecule has 3 aliphatic heterocycles. The Morgan fingerprint density at radius 1 is 0.942 bits per heavy atom. The predicted molar refractivity (Wildman–Crippen MR) is 194 cm³/mol. The van der Waals surface area contributed by atoms with E-state index in [0.29, 0.717) is 13.0 Å². The van der Waals surface area contributed by atoms with Crippen molar-refractivity contribution in [3.63, 3.8) is 0 Å². The van der Waals surface area contributed by atoms with Crippen LogP contribution in [-0.2, 0) is 33.2 Å². The lowest BCUT2D eigenvalue weighted by Crippen LogP contribution is -2.60. The van der Waals surface area contributed by atoms with E-state index in [1.54, 1.807) is 41.5 Å². The molecule has 0 aliphatic carbocycles. The molecule has 306 valence electrons. The van der Waals surface area contributed by atoms with Crippen LogP contribution in [0.25, 0.3) is 0 Å². The minimum Gasteiger partial charge on any atom is -0.459 e. The van der Waals surface area contributed by atoms with Crippen molar-refractivity contribution in [3.05, 3.63) is 0 Å². The molecular formula is C38H72N2O12. The van der Waals surface area contributed by atoms with Crippen LogP contribution < -0.4 is 0 Å². The van der Waals surface area contributed by atoms with Crippen LogP contribution >= 0.6 is 0 Å². The predicted octanol–water partition coefficient (Wildman–Crippen LogP) is 1.90. The Morgan fingerprint density at radius 3 is 2.12 bits per heavy atom. The number of carbonyl (C=O) groups is 1. The highest BCUT2D eigenvalue weighted by Crippen LogP contribution is 2.40. The number of hydrogen-bond acceptors (Lipinski definition) is 14.